The molecule has 3 nitrogen and oxygen atoms in total. The highest BCUT2D eigenvalue weighted by atomic mass is 19.4. The minimum Gasteiger partial charge on any atom is -0.507 e. The van der Waals surface area contributed by atoms with Crippen LogP contribution in [0.3, 0.4) is 0 Å². The maximum Gasteiger partial charge on any atom is 0.416 e. The number of benzene rings is 2. The van der Waals surface area contributed by atoms with Crippen LogP contribution in [0.5, 0.6) is 5.75 Å². The van der Waals surface area contributed by atoms with Crippen molar-refractivity contribution in [1.82, 2.24) is 4.98 Å². The molecule has 0 unspecified atom stereocenters. The minimum atomic E-state index is -4.52. The number of phenols is 1. The van der Waals surface area contributed by atoms with E-state index in [9.17, 15) is 23.4 Å². The molecule has 1 aromatic heterocycles. The summed E-state index contributed by atoms with van der Waals surface area (Å²) in [6.07, 6.45) is -2.57. The molecule has 0 radical (unpaired) electrons. The molecule has 24 heavy (non-hydrogen) atoms. The third-order valence-electron chi connectivity index (χ3n) is 3.87. The fourth-order valence-corrected chi connectivity index (χ4v) is 2.78. The van der Waals surface area contributed by atoms with Crippen LogP contribution in [0.2, 0.25) is 0 Å². The lowest BCUT2D eigenvalue weighted by atomic mass is 9.93. The topological polar surface area (TPSA) is 53.4 Å². The van der Waals surface area contributed by atoms with Gasteiger partial charge in [-0.2, -0.15) is 13.2 Å². The summed E-state index contributed by atoms with van der Waals surface area (Å²) < 4.78 is 38.3. The maximum absolute atomic E-state index is 12.8. The number of halogens is 3. The van der Waals surface area contributed by atoms with Gasteiger partial charge in [-0.15, -0.1) is 0 Å². The molecule has 0 aliphatic rings. The average Bonchev–Trinajstić information content (AvgIpc) is 2.55. The number of aromatic nitrogens is 1. The summed E-state index contributed by atoms with van der Waals surface area (Å²) in [5.41, 5.74) is 1.41. The van der Waals surface area contributed by atoms with Crippen LogP contribution >= 0.6 is 0 Å². The van der Waals surface area contributed by atoms with Crippen molar-refractivity contribution < 1.29 is 23.4 Å². The van der Waals surface area contributed by atoms with Crippen molar-refractivity contribution in [2.24, 2.45) is 0 Å². The Hall–Kier alpha value is -2.60. The van der Waals surface area contributed by atoms with Gasteiger partial charge in [-0.3, -0.25) is 4.98 Å². The molecule has 0 saturated carbocycles. The molecule has 0 aliphatic carbocycles. The second-order valence-electron chi connectivity index (χ2n) is 5.37. The number of hydrogen-bond acceptors (Lipinski definition) is 3. The number of aromatic hydroxyl groups is 1. The Morgan fingerprint density at radius 2 is 1.75 bits per heavy atom. The van der Waals surface area contributed by atoms with Crippen molar-refractivity contribution in [3.8, 4) is 16.9 Å². The molecule has 2 N–H and O–H groups in total. The van der Waals surface area contributed by atoms with E-state index >= 15 is 0 Å². The fourth-order valence-electron chi connectivity index (χ4n) is 2.78. The van der Waals surface area contributed by atoms with Crippen LogP contribution in [-0.4, -0.2) is 21.8 Å². The molecule has 2 aromatic carbocycles. The van der Waals surface area contributed by atoms with Crippen molar-refractivity contribution >= 4 is 10.9 Å². The van der Waals surface area contributed by atoms with Gasteiger partial charge in [0.2, 0.25) is 0 Å². The Bertz CT molecular complexity index is 891. The van der Waals surface area contributed by atoms with Crippen molar-refractivity contribution in [1.29, 1.82) is 0 Å². The first-order chi connectivity index (χ1) is 11.4. The molecule has 124 valence electrons. The van der Waals surface area contributed by atoms with Crippen molar-refractivity contribution in [3.05, 3.63) is 59.8 Å². The van der Waals surface area contributed by atoms with Gasteiger partial charge in [0.1, 0.15) is 5.75 Å². The molecular formula is C18H14F3NO2. The highest BCUT2D eigenvalue weighted by Crippen LogP contribution is 2.39. The summed E-state index contributed by atoms with van der Waals surface area (Å²) in [6.45, 7) is -0.123. The van der Waals surface area contributed by atoms with E-state index in [1.165, 1.54) is 6.07 Å². The number of aliphatic hydroxyl groups excluding tert-OH is 1. The molecular weight excluding hydrogens is 319 g/mol. The van der Waals surface area contributed by atoms with Crippen LogP contribution < -0.4 is 0 Å². The highest BCUT2D eigenvalue weighted by Gasteiger charge is 2.31. The third-order valence-corrected chi connectivity index (χ3v) is 3.87. The smallest absolute Gasteiger partial charge is 0.416 e. The number of pyridine rings is 1. The summed E-state index contributed by atoms with van der Waals surface area (Å²) in [6, 6.07) is 9.91. The van der Waals surface area contributed by atoms with E-state index in [4.69, 9.17) is 0 Å². The molecule has 0 fully saturated rings. The lowest BCUT2D eigenvalue weighted by Crippen LogP contribution is -2.04. The Labute approximate surface area is 136 Å². The zero-order chi connectivity index (χ0) is 17.3. The Balaban J connectivity index is 2.21. The second kappa shape index (κ2) is 6.13. The molecule has 0 saturated heterocycles. The van der Waals surface area contributed by atoms with Crippen LogP contribution in [0.25, 0.3) is 22.0 Å². The number of fused-ring (bicyclic) bond motifs is 1. The SMILES string of the molecule is OCCc1c(-c2ccc(C(F)(F)F)cc2O)ccc2ncccc12. The van der Waals surface area contributed by atoms with E-state index in [0.29, 0.717) is 18.1 Å². The first kappa shape index (κ1) is 16.3. The van der Waals surface area contributed by atoms with Gasteiger partial charge in [0.25, 0.3) is 0 Å². The van der Waals surface area contributed by atoms with Gasteiger partial charge in [0.15, 0.2) is 0 Å². The first-order valence-electron chi connectivity index (χ1n) is 7.30. The standard InChI is InChI=1S/C18H14F3NO2/c19-18(20,21)11-3-4-15(17(24)10-11)12-5-6-16-14(2-1-8-22-16)13(12)7-9-23/h1-6,8,10,23-24H,7,9H2. The molecule has 0 bridgehead atoms. The molecule has 0 atom stereocenters. The fraction of sp³-hybridized carbons (Fsp3) is 0.167. The maximum atomic E-state index is 12.8. The van der Waals surface area contributed by atoms with Crippen LogP contribution in [0.1, 0.15) is 11.1 Å². The molecule has 0 amide bonds. The van der Waals surface area contributed by atoms with Crippen molar-refractivity contribution in [2.45, 2.75) is 12.6 Å². The van der Waals surface area contributed by atoms with Crippen LogP contribution in [0.4, 0.5) is 13.2 Å². The second-order valence-corrected chi connectivity index (χ2v) is 5.37. The molecule has 6 heteroatoms. The predicted octanol–water partition coefficient (Wildman–Crippen LogP) is 4.16. The lowest BCUT2D eigenvalue weighted by molar-refractivity contribution is -0.137. The van der Waals surface area contributed by atoms with E-state index in [0.717, 1.165) is 22.5 Å². The van der Waals surface area contributed by atoms with Gasteiger partial charge < -0.3 is 10.2 Å². The van der Waals surface area contributed by atoms with Crippen molar-refractivity contribution in [3.63, 3.8) is 0 Å². The monoisotopic (exact) mass is 333 g/mol. The zero-order valence-corrected chi connectivity index (χ0v) is 12.5. The summed E-state index contributed by atoms with van der Waals surface area (Å²) >= 11 is 0. The Morgan fingerprint density at radius 3 is 2.42 bits per heavy atom. The summed E-state index contributed by atoms with van der Waals surface area (Å²) in [4.78, 5) is 4.23. The van der Waals surface area contributed by atoms with Gasteiger partial charge in [-0.1, -0.05) is 18.2 Å². The van der Waals surface area contributed by atoms with E-state index in [-0.39, 0.29) is 12.2 Å². The number of phenolic OH excluding ortho intramolecular Hbond substituents is 1. The quantitative estimate of drug-likeness (QED) is 0.757. The van der Waals surface area contributed by atoms with Gasteiger partial charge in [0, 0.05) is 23.8 Å². The lowest BCUT2D eigenvalue weighted by Gasteiger charge is -2.15. The first-order valence-corrected chi connectivity index (χ1v) is 7.30. The van der Waals surface area contributed by atoms with Gasteiger partial charge in [0.05, 0.1) is 11.1 Å². The third kappa shape index (κ3) is 2.92. The number of nitrogens with zero attached hydrogens (tertiary/aromatic N) is 1. The summed E-state index contributed by atoms with van der Waals surface area (Å²) in [7, 11) is 0. The van der Waals surface area contributed by atoms with Crippen LogP contribution in [-0.2, 0) is 12.6 Å². The molecule has 1 heterocycles. The largest absolute Gasteiger partial charge is 0.507 e. The van der Waals surface area contributed by atoms with E-state index in [1.807, 2.05) is 6.07 Å². The number of alkyl halides is 3. The van der Waals surface area contributed by atoms with E-state index in [2.05, 4.69) is 4.98 Å². The molecule has 3 rings (SSSR count). The van der Waals surface area contributed by atoms with Crippen LogP contribution in [0, 0.1) is 0 Å². The normalized spacial score (nSPS) is 11.8. The van der Waals surface area contributed by atoms with E-state index in [1.54, 1.807) is 24.4 Å². The Kier molecular flexibility index (Phi) is 4.15. The average molecular weight is 333 g/mol. The minimum absolute atomic E-state index is 0.123. The van der Waals surface area contributed by atoms with E-state index < -0.39 is 17.5 Å². The predicted molar refractivity (Wildman–Crippen MR) is 84.6 cm³/mol. The van der Waals surface area contributed by atoms with Crippen LogP contribution in [0.15, 0.2) is 48.7 Å². The molecule has 0 spiro atoms. The molecule has 0 aliphatic heterocycles. The highest BCUT2D eigenvalue weighted by molar-refractivity contribution is 5.90. The number of hydrogen-bond donors (Lipinski definition) is 2. The summed E-state index contributed by atoms with van der Waals surface area (Å²) in [5, 5.41) is 20.2. The summed E-state index contributed by atoms with van der Waals surface area (Å²) in [5.74, 6) is -0.452. The van der Waals surface area contributed by atoms with Crippen molar-refractivity contribution in [2.75, 3.05) is 6.61 Å². The Morgan fingerprint density at radius 1 is 1.00 bits per heavy atom. The van der Waals surface area contributed by atoms with Gasteiger partial charge in [-0.05, 0) is 41.8 Å². The van der Waals surface area contributed by atoms with Gasteiger partial charge >= 0.3 is 6.18 Å². The number of aliphatic hydroxyl groups is 1. The van der Waals surface area contributed by atoms with Gasteiger partial charge in [-0.25, -0.2) is 0 Å². The number of rotatable bonds is 3. The zero-order valence-electron chi connectivity index (χ0n) is 12.5. The molecule has 3 aromatic rings.